The summed E-state index contributed by atoms with van der Waals surface area (Å²) in [7, 11) is 0. The highest BCUT2D eigenvalue weighted by Crippen LogP contribution is 2.28. The Hall–Kier alpha value is -3.66. The van der Waals surface area contributed by atoms with E-state index in [1.54, 1.807) is 23.2 Å². The molecule has 0 radical (unpaired) electrons. The summed E-state index contributed by atoms with van der Waals surface area (Å²) in [5.41, 5.74) is 7.33. The molecule has 0 aliphatic carbocycles. The van der Waals surface area contributed by atoms with Crippen LogP contribution in [0.25, 0.3) is 11.5 Å². The molecule has 4 atom stereocenters. The van der Waals surface area contributed by atoms with Gasteiger partial charge in [0.25, 0.3) is 5.91 Å². The lowest BCUT2D eigenvalue weighted by Gasteiger charge is -2.35. The van der Waals surface area contributed by atoms with Crippen LogP contribution in [0, 0.1) is 17.7 Å². The van der Waals surface area contributed by atoms with Crippen molar-refractivity contribution in [3.05, 3.63) is 65.4 Å². The minimum absolute atomic E-state index is 0.0188. The average molecular weight is 478 g/mol. The van der Waals surface area contributed by atoms with Crippen LogP contribution in [0.15, 0.2) is 42.6 Å². The fraction of sp³-hybridized carbons (Fsp3) is 0.400. The Bertz CT molecular complexity index is 1260. The predicted octanol–water partition coefficient (Wildman–Crippen LogP) is 2.51. The van der Waals surface area contributed by atoms with Crippen molar-refractivity contribution >= 4 is 11.8 Å². The average Bonchev–Trinajstić information content (AvgIpc) is 3.30. The van der Waals surface area contributed by atoms with Gasteiger partial charge in [0.15, 0.2) is 11.6 Å². The molecule has 182 valence electrons. The van der Waals surface area contributed by atoms with Gasteiger partial charge in [0.2, 0.25) is 5.91 Å². The number of amides is 2. The zero-order valence-corrected chi connectivity index (χ0v) is 19.9. The molecule has 0 bridgehead atoms. The number of carbonyl (C=O) groups is 2. The molecule has 2 N–H and O–H groups in total. The maximum absolute atomic E-state index is 14.8. The zero-order chi connectivity index (χ0) is 24.7. The summed E-state index contributed by atoms with van der Waals surface area (Å²) in [4.78, 5) is 31.3. The van der Waals surface area contributed by atoms with Crippen LogP contribution >= 0.6 is 0 Å². The highest BCUT2D eigenvalue weighted by molar-refractivity contribution is 5.94. The van der Waals surface area contributed by atoms with E-state index in [0.717, 1.165) is 5.56 Å². The van der Waals surface area contributed by atoms with Crippen LogP contribution in [-0.4, -0.2) is 49.0 Å². The number of benzene rings is 1. The van der Waals surface area contributed by atoms with Gasteiger partial charge in [0, 0.05) is 24.7 Å². The number of hydrogen-bond donors (Lipinski definition) is 2. The van der Waals surface area contributed by atoms with Crippen LogP contribution in [0.2, 0.25) is 0 Å². The molecular weight excluding hydrogens is 449 g/mol. The van der Waals surface area contributed by atoms with Crippen LogP contribution in [-0.2, 0) is 17.8 Å². The normalized spacial score (nSPS) is 24.1. The van der Waals surface area contributed by atoms with Crippen molar-refractivity contribution in [2.45, 2.75) is 45.8 Å². The van der Waals surface area contributed by atoms with E-state index in [0.29, 0.717) is 30.3 Å². The highest BCUT2D eigenvalue weighted by atomic mass is 19.1. The quantitative estimate of drug-likeness (QED) is 0.598. The van der Waals surface area contributed by atoms with E-state index in [1.165, 1.54) is 6.07 Å². The standard InChI is InChI=1S/C25H28FN7O2/c1-14-12-32(13-22-29-30-23(33(14)22)20-6-4-5-9-27-20)25(35)18-10-17(7-8-19(18)26)11-21-15(2)16(3)24(34)31-28-21/h4-10,14-16,21,28H,11-13H2,1-3H3,(H,31,34). The molecule has 1 fully saturated rings. The second kappa shape index (κ2) is 9.18. The van der Waals surface area contributed by atoms with Gasteiger partial charge in [-0.3, -0.25) is 20.0 Å². The van der Waals surface area contributed by atoms with Crippen LogP contribution in [0.3, 0.4) is 0 Å². The maximum atomic E-state index is 14.8. The summed E-state index contributed by atoms with van der Waals surface area (Å²) in [6.45, 7) is 6.52. The van der Waals surface area contributed by atoms with Gasteiger partial charge in [0.1, 0.15) is 11.5 Å². The Labute approximate surface area is 202 Å². The Balaban J connectivity index is 1.36. The predicted molar refractivity (Wildman–Crippen MR) is 126 cm³/mol. The van der Waals surface area contributed by atoms with Crippen molar-refractivity contribution in [3.8, 4) is 11.5 Å². The molecule has 1 aromatic carbocycles. The molecule has 2 aliphatic heterocycles. The molecule has 9 nitrogen and oxygen atoms in total. The van der Waals surface area contributed by atoms with Crippen molar-refractivity contribution in [2.24, 2.45) is 11.8 Å². The minimum Gasteiger partial charge on any atom is -0.329 e. The number of halogens is 1. The number of hydrazine groups is 1. The Morgan fingerprint density at radius 2 is 2.00 bits per heavy atom. The molecule has 4 unspecified atom stereocenters. The molecule has 2 amide bonds. The van der Waals surface area contributed by atoms with Crippen LogP contribution in [0.1, 0.15) is 48.6 Å². The Morgan fingerprint density at radius 1 is 1.17 bits per heavy atom. The van der Waals surface area contributed by atoms with Gasteiger partial charge in [-0.2, -0.15) is 0 Å². The first-order valence-corrected chi connectivity index (χ1v) is 11.8. The van der Waals surface area contributed by atoms with Crippen molar-refractivity contribution in [3.63, 3.8) is 0 Å². The van der Waals surface area contributed by atoms with E-state index in [2.05, 4.69) is 26.0 Å². The van der Waals surface area contributed by atoms with Gasteiger partial charge < -0.3 is 9.47 Å². The van der Waals surface area contributed by atoms with Crippen molar-refractivity contribution in [1.82, 2.24) is 35.5 Å². The fourth-order valence-corrected chi connectivity index (χ4v) is 4.88. The molecule has 10 heteroatoms. The van der Waals surface area contributed by atoms with E-state index < -0.39 is 5.82 Å². The Morgan fingerprint density at radius 3 is 2.77 bits per heavy atom. The van der Waals surface area contributed by atoms with Gasteiger partial charge in [0.05, 0.1) is 18.2 Å². The number of nitrogens with one attached hydrogen (secondary N) is 2. The molecule has 3 aromatic rings. The second-order valence-electron chi connectivity index (χ2n) is 9.47. The number of carbonyl (C=O) groups excluding carboxylic acids is 2. The Kier molecular flexibility index (Phi) is 6.06. The fourth-order valence-electron chi connectivity index (χ4n) is 4.88. The van der Waals surface area contributed by atoms with Gasteiger partial charge in [-0.1, -0.05) is 26.0 Å². The summed E-state index contributed by atoms with van der Waals surface area (Å²) in [5, 5.41) is 8.59. The lowest BCUT2D eigenvalue weighted by Crippen LogP contribution is -2.58. The molecule has 5 rings (SSSR count). The first-order valence-electron chi connectivity index (χ1n) is 11.8. The zero-order valence-electron chi connectivity index (χ0n) is 19.9. The molecule has 0 saturated carbocycles. The van der Waals surface area contributed by atoms with Crippen LogP contribution in [0.4, 0.5) is 4.39 Å². The molecular formula is C25H28FN7O2. The first-order chi connectivity index (χ1) is 16.8. The van der Waals surface area contributed by atoms with E-state index in [4.69, 9.17) is 0 Å². The third-order valence-electron chi connectivity index (χ3n) is 7.14. The van der Waals surface area contributed by atoms with Gasteiger partial charge in [-0.05, 0) is 49.1 Å². The molecule has 2 aliphatic rings. The number of pyridine rings is 1. The first kappa shape index (κ1) is 23.1. The third-order valence-corrected chi connectivity index (χ3v) is 7.14. The highest BCUT2D eigenvalue weighted by Gasteiger charge is 2.34. The smallest absolute Gasteiger partial charge is 0.257 e. The number of rotatable bonds is 4. The summed E-state index contributed by atoms with van der Waals surface area (Å²) in [5.74, 6) is 0.279. The summed E-state index contributed by atoms with van der Waals surface area (Å²) in [6.07, 6.45) is 2.26. The second-order valence-corrected chi connectivity index (χ2v) is 9.47. The maximum Gasteiger partial charge on any atom is 0.257 e. The van der Waals surface area contributed by atoms with Gasteiger partial charge >= 0.3 is 0 Å². The summed E-state index contributed by atoms with van der Waals surface area (Å²) < 4.78 is 16.8. The van der Waals surface area contributed by atoms with Crippen LogP contribution < -0.4 is 10.9 Å². The topological polar surface area (TPSA) is 105 Å². The van der Waals surface area contributed by atoms with Gasteiger partial charge in [-0.25, -0.2) is 9.82 Å². The SMILES string of the molecule is CC1C(=O)NNC(Cc2ccc(F)c(C(=O)N3Cc4nnc(-c5ccccn5)n4C(C)C3)c2)C1C. The summed E-state index contributed by atoms with van der Waals surface area (Å²) in [6, 6.07) is 10.1. The summed E-state index contributed by atoms with van der Waals surface area (Å²) >= 11 is 0. The lowest BCUT2D eigenvalue weighted by atomic mass is 9.84. The number of aromatic nitrogens is 4. The molecule has 0 spiro atoms. The van der Waals surface area contributed by atoms with Crippen molar-refractivity contribution < 1.29 is 14.0 Å². The number of fused-ring (bicyclic) bond motifs is 1. The third kappa shape index (κ3) is 4.29. The minimum atomic E-state index is -0.557. The van der Waals surface area contributed by atoms with E-state index >= 15 is 0 Å². The number of hydrogen-bond acceptors (Lipinski definition) is 6. The van der Waals surface area contributed by atoms with E-state index in [9.17, 15) is 14.0 Å². The molecule has 4 heterocycles. The molecule has 35 heavy (non-hydrogen) atoms. The monoisotopic (exact) mass is 477 g/mol. The van der Waals surface area contributed by atoms with Gasteiger partial charge in [-0.15, -0.1) is 10.2 Å². The van der Waals surface area contributed by atoms with Crippen molar-refractivity contribution in [1.29, 1.82) is 0 Å². The number of nitrogens with zero attached hydrogens (tertiary/aromatic N) is 5. The van der Waals surface area contributed by atoms with Crippen molar-refractivity contribution in [2.75, 3.05) is 6.54 Å². The molecule has 2 aromatic heterocycles. The molecule has 1 saturated heterocycles. The van der Waals surface area contributed by atoms with E-state index in [-0.39, 0.29) is 47.8 Å². The largest absolute Gasteiger partial charge is 0.329 e. The van der Waals surface area contributed by atoms with E-state index in [1.807, 2.05) is 43.5 Å². The van der Waals surface area contributed by atoms with Crippen LogP contribution in [0.5, 0.6) is 0 Å². The lowest BCUT2D eigenvalue weighted by molar-refractivity contribution is -0.130.